The van der Waals surface area contributed by atoms with Crippen LogP contribution in [0.4, 0.5) is 0 Å². The highest BCUT2D eigenvalue weighted by Gasteiger charge is 2.09. The summed E-state index contributed by atoms with van der Waals surface area (Å²) in [7, 11) is 0. The van der Waals surface area contributed by atoms with Crippen molar-refractivity contribution < 1.29 is 0 Å². The molecule has 1 atom stereocenters. The monoisotopic (exact) mass is 238 g/mol. The summed E-state index contributed by atoms with van der Waals surface area (Å²) >= 11 is 1.74. The molecule has 0 bridgehead atoms. The molecule has 0 radical (unpaired) electrons. The van der Waals surface area contributed by atoms with Crippen molar-refractivity contribution in [1.29, 1.82) is 0 Å². The van der Waals surface area contributed by atoms with Crippen molar-refractivity contribution in [3.8, 4) is 0 Å². The number of unbranched alkanes of at least 4 members (excludes halogenated alkanes) is 1. The lowest BCUT2D eigenvalue weighted by molar-refractivity contribution is 0.475. The van der Waals surface area contributed by atoms with E-state index in [1.807, 2.05) is 6.08 Å². The summed E-state index contributed by atoms with van der Waals surface area (Å²) < 4.78 is 0. The molecule has 0 aliphatic heterocycles. The third kappa shape index (κ3) is 4.90. The maximum Gasteiger partial charge on any atom is 0.0897 e. The number of nitrogens with zero attached hydrogens (tertiary/aromatic N) is 1. The predicted molar refractivity (Wildman–Crippen MR) is 72.1 cm³/mol. The minimum atomic E-state index is 0.562. The third-order valence-corrected chi connectivity index (χ3v) is 3.40. The van der Waals surface area contributed by atoms with Crippen molar-refractivity contribution in [2.24, 2.45) is 0 Å². The molecular formula is C13H22N2S. The van der Waals surface area contributed by atoms with Crippen molar-refractivity contribution in [3.05, 3.63) is 28.7 Å². The van der Waals surface area contributed by atoms with Crippen molar-refractivity contribution in [1.82, 2.24) is 10.3 Å². The topological polar surface area (TPSA) is 24.9 Å². The standard InChI is InChI=1S/C13H22N2S/c1-4-6-7-8-12(14-5-2)9-13-10-16-11(3)15-13/h4,10,12,14H,1,5-9H2,2-3H3. The van der Waals surface area contributed by atoms with Gasteiger partial charge in [0.15, 0.2) is 0 Å². The first-order valence-electron chi connectivity index (χ1n) is 6.01. The summed E-state index contributed by atoms with van der Waals surface area (Å²) in [6.45, 7) is 9.01. The van der Waals surface area contributed by atoms with E-state index in [4.69, 9.17) is 0 Å². The Morgan fingerprint density at radius 2 is 2.44 bits per heavy atom. The third-order valence-electron chi connectivity index (χ3n) is 2.58. The summed E-state index contributed by atoms with van der Waals surface area (Å²) in [4.78, 5) is 4.52. The Kier molecular flexibility index (Phi) is 6.34. The SMILES string of the molecule is C=CCCCC(Cc1csc(C)n1)NCC. The number of aryl methyl sites for hydroxylation is 1. The van der Waals surface area contributed by atoms with Gasteiger partial charge in [-0.2, -0.15) is 0 Å². The van der Waals surface area contributed by atoms with Gasteiger partial charge in [-0.3, -0.25) is 0 Å². The Morgan fingerprint density at radius 3 is 3.00 bits per heavy atom. The van der Waals surface area contributed by atoms with E-state index in [1.54, 1.807) is 11.3 Å². The van der Waals surface area contributed by atoms with Crippen LogP contribution in [0, 0.1) is 6.92 Å². The van der Waals surface area contributed by atoms with Crippen LogP contribution in [0.2, 0.25) is 0 Å². The maximum absolute atomic E-state index is 4.52. The average Bonchev–Trinajstić information content (AvgIpc) is 2.65. The summed E-state index contributed by atoms with van der Waals surface area (Å²) in [6.07, 6.45) is 6.57. The van der Waals surface area contributed by atoms with E-state index in [9.17, 15) is 0 Å². The molecule has 0 spiro atoms. The van der Waals surface area contributed by atoms with Gasteiger partial charge < -0.3 is 5.32 Å². The fourth-order valence-electron chi connectivity index (χ4n) is 1.83. The van der Waals surface area contributed by atoms with Crippen LogP contribution in [-0.2, 0) is 6.42 Å². The van der Waals surface area contributed by atoms with Crippen LogP contribution in [0.5, 0.6) is 0 Å². The number of nitrogens with one attached hydrogen (secondary N) is 1. The normalized spacial score (nSPS) is 12.6. The Balaban J connectivity index is 2.40. The second kappa shape index (κ2) is 7.58. The van der Waals surface area contributed by atoms with Gasteiger partial charge in [0.2, 0.25) is 0 Å². The van der Waals surface area contributed by atoms with Crippen LogP contribution in [-0.4, -0.2) is 17.6 Å². The molecule has 0 fully saturated rings. The zero-order chi connectivity index (χ0) is 11.8. The number of likely N-dealkylation sites (N-methyl/N-ethyl adjacent to an activating group) is 1. The maximum atomic E-state index is 4.52. The molecule has 1 rings (SSSR count). The van der Waals surface area contributed by atoms with Gasteiger partial charge in [-0.15, -0.1) is 17.9 Å². The molecule has 1 heterocycles. The molecule has 1 unspecified atom stereocenters. The van der Waals surface area contributed by atoms with Crippen LogP contribution >= 0.6 is 11.3 Å². The van der Waals surface area contributed by atoms with Gasteiger partial charge in [-0.25, -0.2) is 4.98 Å². The molecule has 0 saturated heterocycles. The zero-order valence-electron chi connectivity index (χ0n) is 10.3. The first-order valence-corrected chi connectivity index (χ1v) is 6.89. The summed E-state index contributed by atoms with van der Waals surface area (Å²) in [5.41, 5.74) is 1.23. The molecule has 0 saturated carbocycles. The Hall–Kier alpha value is -0.670. The number of rotatable bonds is 8. The van der Waals surface area contributed by atoms with Crippen molar-refractivity contribution in [3.63, 3.8) is 0 Å². The fraction of sp³-hybridized carbons (Fsp3) is 0.615. The minimum Gasteiger partial charge on any atom is -0.314 e. The Labute approximate surface area is 103 Å². The molecule has 1 aromatic rings. The smallest absolute Gasteiger partial charge is 0.0897 e. The van der Waals surface area contributed by atoms with E-state index in [1.165, 1.54) is 18.5 Å². The molecule has 3 heteroatoms. The lowest BCUT2D eigenvalue weighted by Crippen LogP contribution is -2.31. The lowest BCUT2D eigenvalue weighted by Gasteiger charge is -2.16. The van der Waals surface area contributed by atoms with Crippen molar-refractivity contribution in [2.45, 2.75) is 45.6 Å². The number of aromatic nitrogens is 1. The highest BCUT2D eigenvalue weighted by atomic mass is 32.1. The average molecular weight is 238 g/mol. The van der Waals surface area contributed by atoms with Crippen LogP contribution in [0.15, 0.2) is 18.0 Å². The quantitative estimate of drug-likeness (QED) is 0.555. The molecule has 0 amide bonds. The molecule has 1 aromatic heterocycles. The van der Waals surface area contributed by atoms with E-state index in [2.05, 4.69) is 36.1 Å². The summed E-state index contributed by atoms with van der Waals surface area (Å²) in [6, 6.07) is 0.562. The van der Waals surface area contributed by atoms with Crippen molar-refractivity contribution in [2.75, 3.05) is 6.54 Å². The first kappa shape index (κ1) is 13.4. The van der Waals surface area contributed by atoms with Gasteiger partial charge >= 0.3 is 0 Å². The van der Waals surface area contributed by atoms with Gasteiger partial charge in [0.25, 0.3) is 0 Å². The van der Waals surface area contributed by atoms with E-state index in [-0.39, 0.29) is 0 Å². The van der Waals surface area contributed by atoms with Gasteiger partial charge in [0.1, 0.15) is 0 Å². The van der Waals surface area contributed by atoms with E-state index < -0.39 is 0 Å². The molecular weight excluding hydrogens is 216 g/mol. The Bertz CT molecular complexity index is 307. The molecule has 0 aliphatic carbocycles. The van der Waals surface area contributed by atoms with Crippen LogP contribution in [0.3, 0.4) is 0 Å². The highest BCUT2D eigenvalue weighted by Crippen LogP contribution is 2.12. The van der Waals surface area contributed by atoms with Gasteiger partial charge in [-0.1, -0.05) is 13.0 Å². The van der Waals surface area contributed by atoms with Crippen molar-refractivity contribution >= 4 is 11.3 Å². The summed E-state index contributed by atoms with van der Waals surface area (Å²) in [5.74, 6) is 0. The van der Waals surface area contributed by atoms with Gasteiger partial charge in [0, 0.05) is 17.8 Å². The molecule has 2 nitrogen and oxygen atoms in total. The largest absolute Gasteiger partial charge is 0.314 e. The highest BCUT2D eigenvalue weighted by molar-refractivity contribution is 7.09. The number of hydrogen-bond donors (Lipinski definition) is 1. The van der Waals surface area contributed by atoms with Crippen LogP contribution in [0.25, 0.3) is 0 Å². The molecule has 1 N–H and O–H groups in total. The van der Waals surface area contributed by atoms with E-state index in [0.29, 0.717) is 6.04 Å². The van der Waals surface area contributed by atoms with Crippen LogP contribution in [0.1, 0.15) is 36.9 Å². The van der Waals surface area contributed by atoms with Crippen LogP contribution < -0.4 is 5.32 Å². The minimum absolute atomic E-state index is 0.562. The van der Waals surface area contributed by atoms with E-state index in [0.717, 1.165) is 24.4 Å². The second-order valence-electron chi connectivity index (χ2n) is 4.04. The second-order valence-corrected chi connectivity index (χ2v) is 5.10. The lowest BCUT2D eigenvalue weighted by atomic mass is 10.0. The Morgan fingerprint density at radius 1 is 1.62 bits per heavy atom. The fourth-order valence-corrected chi connectivity index (χ4v) is 2.45. The summed E-state index contributed by atoms with van der Waals surface area (Å²) in [5, 5.41) is 6.87. The predicted octanol–water partition coefficient (Wildman–Crippen LogP) is 3.33. The first-order chi connectivity index (χ1) is 7.76. The number of thiazole rings is 1. The van der Waals surface area contributed by atoms with E-state index >= 15 is 0 Å². The molecule has 0 aliphatic rings. The molecule has 16 heavy (non-hydrogen) atoms. The zero-order valence-corrected chi connectivity index (χ0v) is 11.1. The molecule has 0 aromatic carbocycles. The number of allylic oxidation sites excluding steroid dienone is 1. The number of hydrogen-bond acceptors (Lipinski definition) is 3. The molecule has 90 valence electrons. The van der Waals surface area contributed by atoms with Gasteiger partial charge in [0.05, 0.1) is 10.7 Å². The van der Waals surface area contributed by atoms with Gasteiger partial charge in [-0.05, 0) is 32.7 Å².